The average molecular weight is 310 g/mol. The standard InChI is InChI=1S/C15H19FN2O4/c1-22-15(19)11-3-5-12(6-4-11)17-9-10-2-7-14(18(20)21)13(16)8-10/h2,7-8,11-12,17H,3-6,9H2,1H3/t11-,12-. The molecule has 1 N–H and O–H groups in total. The van der Waals surface area contributed by atoms with E-state index in [1.165, 1.54) is 19.2 Å². The summed E-state index contributed by atoms with van der Waals surface area (Å²) >= 11 is 0. The molecule has 120 valence electrons. The van der Waals surface area contributed by atoms with Crippen molar-refractivity contribution in [2.24, 2.45) is 5.92 Å². The molecule has 22 heavy (non-hydrogen) atoms. The Balaban J connectivity index is 1.83. The summed E-state index contributed by atoms with van der Waals surface area (Å²) in [6.07, 6.45) is 3.27. The van der Waals surface area contributed by atoms with Gasteiger partial charge in [0.2, 0.25) is 5.82 Å². The van der Waals surface area contributed by atoms with Crippen molar-refractivity contribution in [3.8, 4) is 0 Å². The van der Waals surface area contributed by atoms with Crippen LogP contribution in [0, 0.1) is 21.8 Å². The summed E-state index contributed by atoms with van der Waals surface area (Å²) < 4.78 is 18.3. The topological polar surface area (TPSA) is 81.5 Å². The molecule has 6 nitrogen and oxygen atoms in total. The minimum atomic E-state index is -0.821. The Morgan fingerprint density at radius 3 is 2.64 bits per heavy atom. The van der Waals surface area contributed by atoms with Crippen LogP contribution >= 0.6 is 0 Å². The van der Waals surface area contributed by atoms with Gasteiger partial charge in [-0.3, -0.25) is 14.9 Å². The molecule has 0 aliphatic heterocycles. The van der Waals surface area contributed by atoms with E-state index < -0.39 is 16.4 Å². The number of hydrogen-bond donors (Lipinski definition) is 1. The van der Waals surface area contributed by atoms with Gasteiger partial charge in [0.25, 0.3) is 0 Å². The van der Waals surface area contributed by atoms with Crippen LogP contribution < -0.4 is 5.32 Å². The largest absolute Gasteiger partial charge is 0.469 e. The molecule has 0 atom stereocenters. The van der Waals surface area contributed by atoms with E-state index in [0.29, 0.717) is 12.1 Å². The molecule has 1 saturated carbocycles. The first kappa shape index (κ1) is 16.4. The highest BCUT2D eigenvalue weighted by atomic mass is 19.1. The zero-order chi connectivity index (χ0) is 16.1. The van der Waals surface area contributed by atoms with Gasteiger partial charge in [0.05, 0.1) is 18.0 Å². The maximum absolute atomic E-state index is 13.5. The molecule has 0 amide bonds. The monoisotopic (exact) mass is 310 g/mol. The number of rotatable bonds is 5. The fourth-order valence-electron chi connectivity index (χ4n) is 2.77. The molecule has 7 heteroatoms. The van der Waals surface area contributed by atoms with Gasteiger partial charge >= 0.3 is 11.7 Å². The van der Waals surface area contributed by atoms with Crippen LogP contribution in [0.5, 0.6) is 0 Å². The maximum Gasteiger partial charge on any atom is 0.308 e. The van der Waals surface area contributed by atoms with E-state index in [2.05, 4.69) is 5.32 Å². The third kappa shape index (κ3) is 4.00. The summed E-state index contributed by atoms with van der Waals surface area (Å²) in [6, 6.07) is 4.18. The number of halogens is 1. The lowest BCUT2D eigenvalue weighted by Gasteiger charge is -2.27. The Morgan fingerprint density at radius 1 is 1.41 bits per heavy atom. The molecule has 0 saturated heterocycles. The van der Waals surface area contributed by atoms with E-state index in [9.17, 15) is 19.3 Å². The van der Waals surface area contributed by atoms with Crippen LogP contribution in [0.1, 0.15) is 31.2 Å². The molecule has 0 heterocycles. The minimum absolute atomic E-state index is 0.0279. The van der Waals surface area contributed by atoms with Crippen LogP contribution in [-0.4, -0.2) is 24.0 Å². The predicted octanol–water partition coefficient (Wildman–Crippen LogP) is 2.56. The first-order valence-electron chi connectivity index (χ1n) is 7.25. The fraction of sp³-hybridized carbons (Fsp3) is 0.533. The normalized spacial score (nSPS) is 21.4. The average Bonchev–Trinajstić information content (AvgIpc) is 2.52. The molecule has 0 unspecified atom stereocenters. The van der Waals surface area contributed by atoms with E-state index in [1.54, 1.807) is 6.07 Å². The summed E-state index contributed by atoms with van der Waals surface area (Å²) in [5.41, 5.74) is 0.153. The van der Waals surface area contributed by atoms with Crippen molar-refractivity contribution in [2.75, 3.05) is 7.11 Å². The van der Waals surface area contributed by atoms with Crippen LogP contribution in [-0.2, 0) is 16.1 Å². The first-order valence-corrected chi connectivity index (χ1v) is 7.25. The summed E-state index contributed by atoms with van der Waals surface area (Å²) in [6.45, 7) is 0.447. The van der Waals surface area contributed by atoms with Gasteiger partial charge in [0.1, 0.15) is 0 Å². The predicted molar refractivity (Wildman–Crippen MR) is 77.7 cm³/mol. The van der Waals surface area contributed by atoms with E-state index in [0.717, 1.165) is 25.7 Å². The van der Waals surface area contributed by atoms with E-state index in [-0.39, 0.29) is 17.9 Å². The van der Waals surface area contributed by atoms with Crippen LogP contribution in [0.25, 0.3) is 0 Å². The number of nitrogens with zero attached hydrogens (tertiary/aromatic N) is 1. The van der Waals surface area contributed by atoms with E-state index >= 15 is 0 Å². The second-order valence-corrected chi connectivity index (χ2v) is 5.50. The zero-order valence-corrected chi connectivity index (χ0v) is 12.4. The maximum atomic E-state index is 13.5. The zero-order valence-electron chi connectivity index (χ0n) is 12.4. The van der Waals surface area contributed by atoms with Crippen molar-refractivity contribution >= 4 is 11.7 Å². The molecular formula is C15H19FN2O4. The quantitative estimate of drug-likeness (QED) is 0.513. The number of nitrogens with one attached hydrogen (secondary N) is 1. The van der Waals surface area contributed by atoms with Gasteiger partial charge in [-0.2, -0.15) is 4.39 Å². The smallest absolute Gasteiger partial charge is 0.308 e. The van der Waals surface area contributed by atoms with Gasteiger partial charge in [-0.25, -0.2) is 0 Å². The highest BCUT2D eigenvalue weighted by Crippen LogP contribution is 2.25. The third-order valence-corrected chi connectivity index (χ3v) is 4.07. The second kappa shape index (κ2) is 7.31. The Kier molecular flexibility index (Phi) is 5.43. The van der Waals surface area contributed by atoms with Crippen LogP contribution in [0.3, 0.4) is 0 Å². The van der Waals surface area contributed by atoms with Crippen molar-refractivity contribution in [3.63, 3.8) is 0 Å². The summed E-state index contributed by atoms with van der Waals surface area (Å²) in [5.74, 6) is -1.01. The number of carbonyl (C=O) groups excluding carboxylic acids is 1. The molecule has 0 bridgehead atoms. The Labute approximate surface area is 127 Å². The van der Waals surface area contributed by atoms with Gasteiger partial charge in [-0.15, -0.1) is 0 Å². The summed E-state index contributed by atoms with van der Waals surface area (Å²) in [7, 11) is 1.40. The van der Waals surface area contributed by atoms with E-state index in [4.69, 9.17) is 4.74 Å². The van der Waals surface area contributed by atoms with Gasteiger partial charge in [0.15, 0.2) is 0 Å². The number of nitro groups is 1. The molecule has 1 aliphatic rings. The lowest BCUT2D eigenvalue weighted by atomic mass is 9.86. The third-order valence-electron chi connectivity index (χ3n) is 4.07. The SMILES string of the molecule is COC(=O)[C@H]1CC[C@H](NCc2ccc([N+](=O)[O-])c(F)c2)CC1. The van der Waals surface area contributed by atoms with Crippen molar-refractivity contribution in [1.82, 2.24) is 5.32 Å². The molecular weight excluding hydrogens is 291 g/mol. The van der Waals surface area contributed by atoms with Gasteiger partial charge in [-0.1, -0.05) is 6.07 Å². The molecule has 1 fully saturated rings. The number of methoxy groups -OCH3 is 1. The molecule has 1 aromatic carbocycles. The van der Waals surface area contributed by atoms with Crippen molar-refractivity contribution in [1.29, 1.82) is 0 Å². The minimum Gasteiger partial charge on any atom is -0.469 e. The molecule has 2 rings (SSSR count). The Morgan fingerprint density at radius 2 is 2.09 bits per heavy atom. The number of hydrogen-bond acceptors (Lipinski definition) is 5. The molecule has 1 aliphatic carbocycles. The fourth-order valence-corrected chi connectivity index (χ4v) is 2.77. The van der Waals surface area contributed by atoms with Gasteiger partial charge < -0.3 is 10.1 Å². The van der Waals surface area contributed by atoms with Crippen LogP contribution in [0.4, 0.5) is 10.1 Å². The highest BCUT2D eigenvalue weighted by Gasteiger charge is 2.26. The number of nitro benzene ring substituents is 1. The lowest BCUT2D eigenvalue weighted by molar-refractivity contribution is -0.387. The van der Waals surface area contributed by atoms with Gasteiger partial charge in [-0.05, 0) is 37.3 Å². The van der Waals surface area contributed by atoms with Crippen LogP contribution in [0.15, 0.2) is 18.2 Å². The summed E-state index contributed by atoms with van der Waals surface area (Å²) in [4.78, 5) is 21.3. The number of benzene rings is 1. The van der Waals surface area contributed by atoms with Crippen molar-refractivity contribution in [3.05, 3.63) is 39.7 Å². The Bertz CT molecular complexity index is 556. The van der Waals surface area contributed by atoms with Gasteiger partial charge in [0, 0.05) is 18.7 Å². The molecule has 1 aromatic rings. The first-order chi connectivity index (χ1) is 10.5. The van der Waals surface area contributed by atoms with E-state index in [1.807, 2.05) is 0 Å². The van der Waals surface area contributed by atoms with Crippen molar-refractivity contribution < 1.29 is 18.8 Å². The lowest BCUT2D eigenvalue weighted by Crippen LogP contribution is -2.34. The number of ether oxygens (including phenoxy) is 1. The molecule has 0 aromatic heterocycles. The van der Waals surface area contributed by atoms with Crippen LogP contribution in [0.2, 0.25) is 0 Å². The second-order valence-electron chi connectivity index (χ2n) is 5.50. The van der Waals surface area contributed by atoms with Crippen molar-refractivity contribution in [2.45, 2.75) is 38.3 Å². The highest BCUT2D eigenvalue weighted by molar-refractivity contribution is 5.72. The number of esters is 1. The summed E-state index contributed by atoms with van der Waals surface area (Å²) in [5, 5.41) is 13.9. The Hall–Kier alpha value is -2.02. The molecule has 0 radical (unpaired) electrons. The number of carbonyl (C=O) groups is 1. The molecule has 0 spiro atoms.